The van der Waals surface area contributed by atoms with E-state index >= 15 is 0 Å². The molecule has 0 amide bonds. The van der Waals surface area contributed by atoms with Gasteiger partial charge in [-0.1, -0.05) is 18.2 Å². The van der Waals surface area contributed by atoms with Crippen LogP contribution in [0.4, 0.5) is 5.69 Å². The van der Waals surface area contributed by atoms with Crippen molar-refractivity contribution in [2.45, 2.75) is 11.5 Å². The molecule has 1 N–H and O–H groups in total. The van der Waals surface area contributed by atoms with E-state index in [1.54, 1.807) is 55.0 Å². The molecule has 0 spiro atoms. The summed E-state index contributed by atoms with van der Waals surface area (Å²) in [6.07, 6.45) is 4.82. The molecule has 8 heteroatoms. The number of nitrogens with one attached hydrogen (secondary N) is 1. The van der Waals surface area contributed by atoms with E-state index in [9.17, 15) is 8.42 Å². The number of hydrogen-bond acceptors (Lipinski definition) is 6. The number of aromatic nitrogens is 2. The van der Waals surface area contributed by atoms with Crippen molar-refractivity contribution in [1.29, 1.82) is 0 Å². The monoisotopic (exact) mass is 431 g/mol. The fourth-order valence-corrected chi connectivity index (χ4v) is 4.34. The maximum absolute atomic E-state index is 12.9. The summed E-state index contributed by atoms with van der Waals surface area (Å²) in [6.45, 7) is 0.274. The number of anilines is 1. The summed E-state index contributed by atoms with van der Waals surface area (Å²) in [5.74, 6) is 0.595. The first kappa shape index (κ1) is 19.1. The minimum atomic E-state index is -3.78. The highest BCUT2D eigenvalue weighted by atomic mass is 32.2. The van der Waals surface area contributed by atoms with Crippen LogP contribution < -0.4 is 9.46 Å². The highest BCUT2D eigenvalue weighted by Crippen LogP contribution is 2.30. The molecule has 7 nitrogen and oxygen atoms in total. The average molecular weight is 431 g/mol. The van der Waals surface area contributed by atoms with Gasteiger partial charge in [0, 0.05) is 34.9 Å². The molecule has 2 aromatic heterocycles. The van der Waals surface area contributed by atoms with Gasteiger partial charge in [0.25, 0.3) is 10.0 Å². The van der Waals surface area contributed by atoms with E-state index in [2.05, 4.69) is 14.7 Å². The first-order chi connectivity index (χ1) is 15.1. The van der Waals surface area contributed by atoms with Crippen LogP contribution in [0.5, 0.6) is 5.75 Å². The molecule has 154 valence electrons. The summed E-state index contributed by atoms with van der Waals surface area (Å²) in [5, 5.41) is 1.82. The van der Waals surface area contributed by atoms with Crippen molar-refractivity contribution in [3.8, 4) is 5.75 Å². The Morgan fingerprint density at radius 3 is 2.52 bits per heavy atom. The van der Waals surface area contributed by atoms with E-state index in [0.717, 1.165) is 16.4 Å². The van der Waals surface area contributed by atoms with Gasteiger partial charge in [-0.25, -0.2) is 8.42 Å². The molecular weight excluding hydrogens is 414 g/mol. The van der Waals surface area contributed by atoms with Gasteiger partial charge in [-0.3, -0.25) is 14.7 Å². The lowest BCUT2D eigenvalue weighted by Crippen LogP contribution is -2.12. The predicted molar refractivity (Wildman–Crippen MR) is 117 cm³/mol. The number of nitrogens with zero attached hydrogens (tertiary/aromatic N) is 2. The first-order valence-corrected chi connectivity index (χ1v) is 11.0. The molecular formula is C23H17N3O4S. The smallest absolute Gasteiger partial charge is 0.262 e. The van der Waals surface area contributed by atoms with Crippen molar-refractivity contribution in [3.05, 3.63) is 91.0 Å². The molecule has 5 rings (SSSR count). The standard InChI is InChI=1S/C23H17N3O4S/c27-31(28,19-9-10-21-20-3-1-2-4-22(20)30-23(21)13-19)26-16-5-7-18(8-6-16)29-15-17-14-24-11-12-25-17/h1-14,26H,15H2. The Labute approximate surface area is 178 Å². The second-order valence-corrected chi connectivity index (χ2v) is 8.55. The summed E-state index contributed by atoms with van der Waals surface area (Å²) in [4.78, 5) is 8.25. The van der Waals surface area contributed by atoms with Gasteiger partial charge in [0.1, 0.15) is 23.5 Å². The van der Waals surface area contributed by atoms with Gasteiger partial charge >= 0.3 is 0 Å². The van der Waals surface area contributed by atoms with Crippen LogP contribution in [-0.4, -0.2) is 18.4 Å². The van der Waals surface area contributed by atoms with Crippen molar-refractivity contribution in [2.75, 3.05) is 4.72 Å². The number of fused-ring (bicyclic) bond motifs is 3. The zero-order valence-corrected chi connectivity index (χ0v) is 17.0. The lowest BCUT2D eigenvalue weighted by atomic mass is 10.2. The van der Waals surface area contributed by atoms with Gasteiger partial charge in [-0.15, -0.1) is 0 Å². The second kappa shape index (κ2) is 7.73. The molecule has 31 heavy (non-hydrogen) atoms. The number of rotatable bonds is 6. The van der Waals surface area contributed by atoms with Crippen LogP contribution in [0.3, 0.4) is 0 Å². The van der Waals surface area contributed by atoms with Crippen LogP contribution in [0.2, 0.25) is 0 Å². The Bertz CT molecular complexity index is 1460. The molecule has 0 radical (unpaired) electrons. The third-order valence-corrected chi connectivity index (χ3v) is 6.15. The normalized spacial score (nSPS) is 11.6. The van der Waals surface area contributed by atoms with E-state index in [0.29, 0.717) is 22.7 Å². The van der Waals surface area contributed by atoms with Crippen molar-refractivity contribution in [1.82, 2.24) is 9.97 Å². The van der Waals surface area contributed by atoms with Crippen LogP contribution in [0, 0.1) is 0 Å². The molecule has 2 heterocycles. The maximum Gasteiger partial charge on any atom is 0.262 e. The topological polar surface area (TPSA) is 94.3 Å². The minimum Gasteiger partial charge on any atom is -0.487 e. The van der Waals surface area contributed by atoms with Gasteiger partial charge in [0.05, 0.1) is 16.8 Å². The predicted octanol–water partition coefficient (Wildman–Crippen LogP) is 4.76. The maximum atomic E-state index is 12.9. The Morgan fingerprint density at radius 1 is 0.903 bits per heavy atom. The van der Waals surface area contributed by atoms with Crippen LogP contribution in [-0.2, 0) is 16.6 Å². The molecule has 3 aromatic carbocycles. The lowest BCUT2D eigenvalue weighted by Gasteiger charge is -2.10. The minimum absolute atomic E-state index is 0.127. The lowest BCUT2D eigenvalue weighted by molar-refractivity contribution is 0.301. The van der Waals surface area contributed by atoms with Crippen molar-refractivity contribution >= 4 is 37.6 Å². The fourth-order valence-electron chi connectivity index (χ4n) is 3.27. The summed E-state index contributed by atoms with van der Waals surface area (Å²) in [6, 6.07) is 19.1. The average Bonchev–Trinajstić information content (AvgIpc) is 3.17. The van der Waals surface area contributed by atoms with E-state index in [-0.39, 0.29) is 11.5 Å². The van der Waals surface area contributed by atoms with E-state index in [1.165, 1.54) is 6.07 Å². The fraction of sp³-hybridized carbons (Fsp3) is 0.0435. The summed E-state index contributed by atoms with van der Waals surface area (Å²) in [7, 11) is -3.78. The number of furan rings is 1. The highest BCUT2D eigenvalue weighted by Gasteiger charge is 2.17. The SMILES string of the molecule is O=S(=O)(Nc1ccc(OCc2cnccn2)cc1)c1ccc2c(c1)oc1ccccc12. The number of sulfonamides is 1. The molecule has 5 aromatic rings. The molecule has 0 atom stereocenters. The summed E-state index contributed by atoms with van der Waals surface area (Å²) >= 11 is 0. The van der Waals surface area contributed by atoms with Crippen LogP contribution >= 0.6 is 0 Å². The van der Waals surface area contributed by atoms with E-state index in [1.807, 2.05) is 24.3 Å². The molecule has 0 aliphatic carbocycles. The zero-order valence-electron chi connectivity index (χ0n) is 16.2. The van der Waals surface area contributed by atoms with Gasteiger partial charge in [-0.05, 0) is 42.5 Å². The van der Waals surface area contributed by atoms with Crippen LogP contribution in [0.1, 0.15) is 5.69 Å². The van der Waals surface area contributed by atoms with Gasteiger partial charge < -0.3 is 9.15 Å². The molecule has 0 bridgehead atoms. The number of benzene rings is 3. The number of ether oxygens (including phenoxy) is 1. The molecule has 0 fully saturated rings. The molecule has 0 unspecified atom stereocenters. The number of hydrogen-bond donors (Lipinski definition) is 1. The van der Waals surface area contributed by atoms with Crippen molar-refractivity contribution in [2.24, 2.45) is 0 Å². The van der Waals surface area contributed by atoms with Crippen LogP contribution in [0.15, 0.2) is 94.6 Å². The van der Waals surface area contributed by atoms with Crippen molar-refractivity contribution < 1.29 is 17.6 Å². The Morgan fingerprint density at radius 2 is 1.71 bits per heavy atom. The Hall–Kier alpha value is -3.91. The first-order valence-electron chi connectivity index (χ1n) is 9.50. The van der Waals surface area contributed by atoms with E-state index < -0.39 is 10.0 Å². The molecule has 0 saturated heterocycles. The Kier molecular flexibility index (Phi) is 4.76. The van der Waals surface area contributed by atoms with Gasteiger partial charge in [-0.2, -0.15) is 0 Å². The van der Waals surface area contributed by atoms with Crippen molar-refractivity contribution in [3.63, 3.8) is 0 Å². The Balaban J connectivity index is 1.33. The van der Waals surface area contributed by atoms with Gasteiger partial charge in [0.2, 0.25) is 0 Å². The quantitative estimate of drug-likeness (QED) is 0.417. The molecule has 0 aliphatic heterocycles. The summed E-state index contributed by atoms with van der Waals surface area (Å²) in [5.41, 5.74) is 2.37. The van der Waals surface area contributed by atoms with Crippen LogP contribution in [0.25, 0.3) is 21.9 Å². The van der Waals surface area contributed by atoms with E-state index in [4.69, 9.17) is 9.15 Å². The third-order valence-electron chi connectivity index (χ3n) is 4.77. The number of para-hydroxylation sites is 1. The second-order valence-electron chi connectivity index (χ2n) is 6.87. The summed E-state index contributed by atoms with van der Waals surface area (Å²) < 4.78 is 39.7. The molecule has 0 aliphatic rings. The zero-order chi connectivity index (χ0) is 21.3. The third kappa shape index (κ3) is 3.93. The van der Waals surface area contributed by atoms with Gasteiger partial charge in [0.15, 0.2) is 0 Å². The highest BCUT2D eigenvalue weighted by molar-refractivity contribution is 7.92. The largest absolute Gasteiger partial charge is 0.487 e. The molecule has 0 saturated carbocycles.